The first kappa shape index (κ1) is 37.3. The Kier molecular flexibility index (Phi) is 12.5. The molecule has 270 valence electrons. The number of anilines is 2. The lowest BCUT2D eigenvalue weighted by Gasteiger charge is -2.33. The summed E-state index contributed by atoms with van der Waals surface area (Å²) >= 11 is 0. The van der Waals surface area contributed by atoms with E-state index < -0.39 is 0 Å². The number of ether oxygens (including phenoxy) is 1. The fourth-order valence-corrected chi connectivity index (χ4v) is 7.07. The molecular formula is C40H56N6O4. The number of nitrogens with one attached hydrogen (secondary N) is 1. The number of hydrogen-bond acceptors (Lipinski definition) is 8. The lowest BCUT2D eigenvalue weighted by atomic mass is 9.82. The predicted octanol–water partition coefficient (Wildman–Crippen LogP) is 6.85. The molecule has 2 aromatic carbocycles. The van der Waals surface area contributed by atoms with E-state index in [4.69, 9.17) is 14.9 Å². The van der Waals surface area contributed by atoms with Crippen LogP contribution < -0.4 is 15.0 Å². The van der Waals surface area contributed by atoms with Crippen molar-refractivity contribution in [1.29, 1.82) is 0 Å². The van der Waals surface area contributed by atoms with Gasteiger partial charge in [-0.25, -0.2) is 0 Å². The standard InChI is InChI=1S/C23H28N4O.C17H28N2O3/c1-16-10-12-21(20-9-4-3-8-19(16)20)28-18-11-13-22-24-25-23(27(22)15-18)26-14-6-5-7-17(26)2;1-13(22)18-16-10-14(9-15(11-16)17(2,3)4)12-19(5-7-20)6-8-21/h3-4,8-9,11,13,15-17,21H,5-7,10,12,14H2,1-2H3;9-11,20-21H,5-8,12H2,1-4H3,(H,18,22)/t16?,17-,21?;/m0./s1. The molecule has 10 nitrogen and oxygen atoms in total. The van der Waals surface area contributed by atoms with Crippen molar-refractivity contribution in [2.24, 2.45) is 0 Å². The summed E-state index contributed by atoms with van der Waals surface area (Å²) < 4.78 is 8.57. The summed E-state index contributed by atoms with van der Waals surface area (Å²) in [6.45, 7) is 15.3. The largest absolute Gasteiger partial charge is 0.484 e. The van der Waals surface area contributed by atoms with Crippen LogP contribution in [0.25, 0.3) is 5.65 Å². The van der Waals surface area contributed by atoms with Crippen LogP contribution in [0.2, 0.25) is 0 Å². The van der Waals surface area contributed by atoms with Crippen molar-refractivity contribution in [3.8, 4) is 5.75 Å². The second-order valence-electron chi connectivity index (χ2n) is 14.9. The highest BCUT2D eigenvalue weighted by Gasteiger charge is 2.27. The van der Waals surface area contributed by atoms with Gasteiger partial charge in [-0.1, -0.05) is 58.0 Å². The van der Waals surface area contributed by atoms with Gasteiger partial charge in [0.1, 0.15) is 11.9 Å². The molecule has 2 aromatic heterocycles. The Morgan fingerprint density at radius 3 is 2.38 bits per heavy atom. The van der Waals surface area contributed by atoms with E-state index in [1.807, 2.05) is 29.2 Å². The summed E-state index contributed by atoms with van der Waals surface area (Å²) in [4.78, 5) is 15.7. The highest BCUT2D eigenvalue weighted by molar-refractivity contribution is 5.88. The number of aliphatic hydroxyl groups excluding tert-OH is 2. The highest BCUT2D eigenvalue weighted by Crippen LogP contribution is 2.39. The molecule has 3 heterocycles. The van der Waals surface area contributed by atoms with E-state index in [2.05, 4.69) is 96.0 Å². The van der Waals surface area contributed by atoms with Crippen LogP contribution in [-0.4, -0.2) is 74.5 Å². The van der Waals surface area contributed by atoms with E-state index >= 15 is 0 Å². The molecule has 0 saturated carbocycles. The summed E-state index contributed by atoms with van der Waals surface area (Å²) in [5.74, 6) is 2.32. The van der Waals surface area contributed by atoms with Crippen LogP contribution in [0.15, 0.2) is 60.8 Å². The average Bonchev–Trinajstić information content (AvgIpc) is 3.49. The van der Waals surface area contributed by atoms with Gasteiger partial charge >= 0.3 is 0 Å². The molecule has 0 radical (unpaired) electrons. The van der Waals surface area contributed by atoms with E-state index in [0.717, 1.165) is 53.5 Å². The Morgan fingerprint density at radius 1 is 0.960 bits per heavy atom. The molecule has 0 spiro atoms. The maximum atomic E-state index is 11.3. The number of aromatic nitrogens is 3. The first-order chi connectivity index (χ1) is 24.0. The number of rotatable bonds is 10. The van der Waals surface area contributed by atoms with Gasteiger partial charge in [0.2, 0.25) is 11.9 Å². The number of amides is 1. The number of carbonyl (C=O) groups excluding carboxylic acids is 1. The van der Waals surface area contributed by atoms with Crippen LogP contribution in [0.4, 0.5) is 11.6 Å². The normalized spacial score (nSPS) is 19.1. The molecule has 3 N–H and O–H groups in total. The number of aliphatic hydroxyl groups is 2. The van der Waals surface area contributed by atoms with Crippen molar-refractivity contribution in [2.45, 2.75) is 104 Å². The molecule has 1 aliphatic carbocycles. The maximum Gasteiger partial charge on any atom is 0.232 e. The van der Waals surface area contributed by atoms with Crippen molar-refractivity contribution in [1.82, 2.24) is 19.5 Å². The van der Waals surface area contributed by atoms with Gasteiger partial charge in [0.05, 0.1) is 19.4 Å². The lowest BCUT2D eigenvalue weighted by Crippen LogP contribution is -2.38. The fourth-order valence-electron chi connectivity index (χ4n) is 7.07. The third-order valence-electron chi connectivity index (χ3n) is 9.85. The molecule has 4 aromatic rings. The minimum atomic E-state index is -0.0976. The zero-order valence-electron chi connectivity index (χ0n) is 30.7. The van der Waals surface area contributed by atoms with Crippen LogP contribution in [0.3, 0.4) is 0 Å². The monoisotopic (exact) mass is 684 g/mol. The molecule has 6 rings (SSSR count). The number of hydrogen-bond donors (Lipinski definition) is 3. The summed E-state index contributed by atoms with van der Waals surface area (Å²) in [7, 11) is 0. The van der Waals surface area contributed by atoms with Crippen molar-refractivity contribution < 1.29 is 19.7 Å². The van der Waals surface area contributed by atoms with Gasteiger partial charge in [-0.3, -0.25) is 14.1 Å². The molecule has 0 bridgehead atoms. The van der Waals surface area contributed by atoms with E-state index in [1.165, 1.54) is 37.3 Å². The quantitative estimate of drug-likeness (QED) is 0.166. The minimum Gasteiger partial charge on any atom is -0.484 e. The Balaban J connectivity index is 0.000000202. The average molecular weight is 685 g/mol. The SMILES string of the molecule is CC(=O)Nc1cc(CN(CCO)CCO)cc(C(C)(C)C)c1.CC1CCC(Oc2ccc3nnc(N4CCCC[C@@H]4C)n3c2)c2ccccc21. The predicted molar refractivity (Wildman–Crippen MR) is 200 cm³/mol. The number of fused-ring (bicyclic) bond motifs is 2. The van der Waals surface area contributed by atoms with E-state index in [0.29, 0.717) is 31.6 Å². The van der Waals surface area contributed by atoms with Crippen LogP contribution >= 0.6 is 0 Å². The molecule has 3 atom stereocenters. The Morgan fingerprint density at radius 2 is 1.70 bits per heavy atom. The second kappa shape index (κ2) is 16.8. The van der Waals surface area contributed by atoms with Gasteiger partial charge in [-0.15, -0.1) is 10.2 Å². The number of pyridine rings is 1. The van der Waals surface area contributed by atoms with Gasteiger partial charge in [-0.2, -0.15) is 0 Å². The summed E-state index contributed by atoms with van der Waals surface area (Å²) in [6, 6.07) is 19.3. The van der Waals surface area contributed by atoms with Gasteiger partial charge in [0.15, 0.2) is 5.65 Å². The zero-order valence-corrected chi connectivity index (χ0v) is 30.7. The molecule has 1 amide bonds. The van der Waals surface area contributed by atoms with Gasteiger partial charge < -0.3 is 25.2 Å². The van der Waals surface area contributed by atoms with Gasteiger partial charge in [-0.05, 0) is 96.9 Å². The highest BCUT2D eigenvalue weighted by atomic mass is 16.5. The first-order valence-corrected chi connectivity index (χ1v) is 18.2. The molecule has 1 fully saturated rings. The third kappa shape index (κ3) is 9.41. The Labute approximate surface area is 297 Å². The van der Waals surface area contributed by atoms with Crippen LogP contribution in [0, 0.1) is 0 Å². The Hall–Kier alpha value is -3.99. The van der Waals surface area contributed by atoms with Crippen molar-refractivity contribution in [3.63, 3.8) is 0 Å². The zero-order chi connectivity index (χ0) is 35.8. The van der Waals surface area contributed by atoms with Crippen molar-refractivity contribution >= 4 is 23.2 Å². The Bertz CT molecular complexity index is 1710. The van der Waals surface area contributed by atoms with Crippen LogP contribution in [-0.2, 0) is 16.8 Å². The summed E-state index contributed by atoms with van der Waals surface area (Å²) in [6.07, 6.45) is 8.10. The molecule has 10 heteroatoms. The molecular weight excluding hydrogens is 628 g/mol. The third-order valence-corrected chi connectivity index (χ3v) is 9.85. The number of nitrogens with zero attached hydrogens (tertiary/aromatic N) is 5. The molecule has 50 heavy (non-hydrogen) atoms. The fraction of sp³-hybridized carbons (Fsp3) is 0.525. The first-order valence-electron chi connectivity index (χ1n) is 18.2. The van der Waals surface area contributed by atoms with E-state index in [9.17, 15) is 4.79 Å². The summed E-state index contributed by atoms with van der Waals surface area (Å²) in [5, 5.41) is 29.9. The smallest absolute Gasteiger partial charge is 0.232 e. The number of carbonyl (C=O) groups is 1. The molecule has 1 saturated heterocycles. The van der Waals surface area contributed by atoms with Gasteiger partial charge in [0, 0.05) is 44.8 Å². The minimum absolute atomic E-state index is 0.0258. The molecule has 2 aliphatic rings. The molecule has 1 aliphatic heterocycles. The maximum absolute atomic E-state index is 11.3. The van der Waals surface area contributed by atoms with Gasteiger partial charge in [0.25, 0.3) is 0 Å². The van der Waals surface area contributed by atoms with Crippen LogP contribution in [0.1, 0.15) is 108 Å². The van der Waals surface area contributed by atoms with Crippen molar-refractivity contribution in [2.75, 3.05) is 43.1 Å². The molecule has 2 unspecified atom stereocenters. The number of benzene rings is 2. The summed E-state index contributed by atoms with van der Waals surface area (Å²) in [5.41, 5.74) is 6.57. The van der Waals surface area contributed by atoms with Crippen LogP contribution in [0.5, 0.6) is 5.75 Å². The second-order valence-corrected chi connectivity index (χ2v) is 14.9. The van der Waals surface area contributed by atoms with E-state index in [1.54, 1.807) is 0 Å². The lowest BCUT2D eigenvalue weighted by molar-refractivity contribution is -0.114. The topological polar surface area (TPSA) is 115 Å². The van der Waals surface area contributed by atoms with Crippen molar-refractivity contribution in [3.05, 3.63) is 83.0 Å². The number of piperidine rings is 1. The van der Waals surface area contributed by atoms with E-state index in [-0.39, 0.29) is 30.6 Å².